The topological polar surface area (TPSA) is 84.5 Å². The second kappa shape index (κ2) is 7.31. The fourth-order valence-corrected chi connectivity index (χ4v) is 4.17. The molecule has 1 aromatic rings. The molecule has 0 saturated carbocycles. The highest BCUT2D eigenvalue weighted by Gasteiger charge is 2.48. The summed E-state index contributed by atoms with van der Waals surface area (Å²) in [7, 11) is -3.48. The number of nitrogens with one attached hydrogen (secondary N) is 2. The highest BCUT2D eigenvalue weighted by Crippen LogP contribution is 2.28. The molecule has 1 fully saturated rings. The molecule has 0 aliphatic carbocycles. The number of ether oxygens (including phenoxy) is 1. The maximum Gasteiger partial charge on any atom is 0.241 e. The average Bonchev–Trinajstić information content (AvgIpc) is 2.54. The van der Waals surface area contributed by atoms with Gasteiger partial charge in [0.1, 0.15) is 5.75 Å². The van der Waals surface area contributed by atoms with E-state index in [0.29, 0.717) is 39.1 Å². The zero-order chi connectivity index (χ0) is 16.9. The standard InChI is InChI=1S/C16H24N2O4S/c1-3-22-14-6-4-13(5-7-14)12-18-15(19)16(23(2,20)21)8-10-17-11-9-16/h4-7,17H,3,8-12H2,1-2H3,(H,18,19). The van der Waals surface area contributed by atoms with Gasteiger partial charge in [-0.15, -0.1) is 0 Å². The van der Waals surface area contributed by atoms with Crippen molar-refractivity contribution in [1.82, 2.24) is 10.6 Å². The SMILES string of the molecule is CCOc1ccc(CNC(=O)C2(S(C)(=O)=O)CCNCC2)cc1. The summed E-state index contributed by atoms with van der Waals surface area (Å²) >= 11 is 0. The first-order chi connectivity index (χ1) is 10.9. The van der Waals surface area contributed by atoms with E-state index >= 15 is 0 Å². The molecule has 2 N–H and O–H groups in total. The lowest BCUT2D eigenvalue weighted by Gasteiger charge is -2.34. The van der Waals surface area contributed by atoms with Crippen molar-refractivity contribution in [1.29, 1.82) is 0 Å². The van der Waals surface area contributed by atoms with Crippen LogP contribution in [0.25, 0.3) is 0 Å². The Labute approximate surface area is 137 Å². The Bertz CT molecular complexity index is 635. The van der Waals surface area contributed by atoms with Gasteiger partial charge in [-0.05, 0) is 50.6 Å². The van der Waals surface area contributed by atoms with E-state index in [4.69, 9.17) is 4.74 Å². The molecule has 0 radical (unpaired) electrons. The molecule has 0 aromatic heterocycles. The first kappa shape index (κ1) is 17.7. The van der Waals surface area contributed by atoms with Gasteiger partial charge in [-0.25, -0.2) is 8.42 Å². The van der Waals surface area contributed by atoms with Crippen LogP contribution >= 0.6 is 0 Å². The van der Waals surface area contributed by atoms with E-state index in [1.54, 1.807) is 0 Å². The fraction of sp³-hybridized carbons (Fsp3) is 0.562. The summed E-state index contributed by atoms with van der Waals surface area (Å²) in [4.78, 5) is 12.6. The summed E-state index contributed by atoms with van der Waals surface area (Å²) in [5.74, 6) is 0.365. The van der Waals surface area contributed by atoms with E-state index in [9.17, 15) is 13.2 Å². The van der Waals surface area contributed by atoms with E-state index in [1.807, 2.05) is 31.2 Å². The van der Waals surface area contributed by atoms with Crippen LogP contribution in [0.1, 0.15) is 25.3 Å². The van der Waals surface area contributed by atoms with Crippen LogP contribution in [-0.2, 0) is 21.2 Å². The fourth-order valence-electron chi connectivity index (χ4n) is 2.81. The predicted molar refractivity (Wildman–Crippen MR) is 89.1 cm³/mol. The van der Waals surface area contributed by atoms with Crippen LogP contribution in [0.2, 0.25) is 0 Å². The second-order valence-corrected chi connectivity index (χ2v) is 8.10. The van der Waals surface area contributed by atoms with Crippen LogP contribution in [0.5, 0.6) is 5.75 Å². The lowest BCUT2D eigenvalue weighted by Crippen LogP contribution is -2.57. The Morgan fingerprint density at radius 1 is 1.26 bits per heavy atom. The monoisotopic (exact) mass is 340 g/mol. The summed E-state index contributed by atoms with van der Waals surface area (Å²) in [6.07, 6.45) is 1.76. The number of sulfone groups is 1. The van der Waals surface area contributed by atoms with Crippen LogP contribution < -0.4 is 15.4 Å². The quantitative estimate of drug-likeness (QED) is 0.803. The highest BCUT2D eigenvalue weighted by molar-refractivity contribution is 7.92. The predicted octanol–water partition coefficient (Wildman–Crippen LogP) is 0.868. The first-order valence-corrected chi connectivity index (χ1v) is 9.68. The number of hydrogen-bond donors (Lipinski definition) is 2. The van der Waals surface area contributed by atoms with Gasteiger partial charge in [-0.3, -0.25) is 4.79 Å². The lowest BCUT2D eigenvalue weighted by atomic mass is 9.95. The highest BCUT2D eigenvalue weighted by atomic mass is 32.2. The van der Waals surface area contributed by atoms with Gasteiger partial charge in [0.05, 0.1) is 6.61 Å². The number of piperidine rings is 1. The minimum atomic E-state index is -3.48. The lowest BCUT2D eigenvalue weighted by molar-refractivity contribution is -0.124. The molecule has 0 spiro atoms. The van der Waals surface area contributed by atoms with Gasteiger partial charge < -0.3 is 15.4 Å². The van der Waals surface area contributed by atoms with Crippen molar-refractivity contribution >= 4 is 15.7 Å². The maximum absolute atomic E-state index is 12.6. The summed E-state index contributed by atoms with van der Waals surface area (Å²) < 4.78 is 28.4. The Balaban J connectivity index is 2.04. The third-order valence-corrected chi connectivity index (χ3v) is 6.24. The van der Waals surface area contributed by atoms with Gasteiger partial charge in [-0.1, -0.05) is 12.1 Å². The van der Waals surface area contributed by atoms with Gasteiger partial charge in [0.25, 0.3) is 0 Å². The number of benzene rings is 1. The first-order valence-electron chi connectivity index (χ1n) is 7.79. The van der Waals surface area contributed by atoms with E-state index in [0.717, 1.165) is 17.6 Å². The van der Waals surface area contributed by atoms with Gasteiger partial charge in [-0.2, -0.15) is 0 Å². The molecule has 1 amide bonds. The number of rotatable bonds is 6. The maximum atomic E-state index is 12.6. The van der Waals surface area contributed by atoms with Crippen molar-refractivity contribution in [3.8, 4) is 5.75 Å². The minimum Gasteiger partial charge on any atom is -0.494 e. The summed E-state index contributed by atoms with van der Waals surface area (Å²) in [6.45, 7) is 3.88. The molecular formula is C16H24N2O4S. The molecule has 7 heteroatoms. The van der Waals surface area contributed by atoms with Crippen molar-refractivity contribution in [3.63, 3.8) is 0 Å². The second-order valence-electron chi connectivity index (χ2n) is 5.78. The zero-order valence-electron chi connectivity index (χ0n) is 13.6. The molecule has 1 heterocycles. The van der Waals surface area contributed by atoms with Gasteiger partial charge >= 0.3 is 0 Å². The molecule has 128 valence electrons. The Morgan fingerprint density at radius 2 is 1.87 bits per heavy atom. The van der Waals surface area contributed by atoms with E-state index < -0.39 is 20.5 Å². The average molecular weight is 340 g/mol. The Hall–Kier alpha value is -1.60. The number of carbonyl (C=O) groups excluding carboxylic acids is 1. The smallest absolute Gasteiger partial charge is 0.241 e. The number of hydrogen-bond acceptors (Lipinski definition) is 5. The van der Waals surface area contributed by atoms with Crippen LogP contribution in [0.3, 0.4) is 0 Å². The third kappa shape index (κ3) is 4.03. The van der Waals surface area contributed by atoms with Gasteiger partial charge in [0, 0.05) is 12.8 Å². The molecule has 2 rings (SSSR count). The molecule has 1 aliphatic heterocycles. The summed E-state index contributed by atoms with van der Waals surface area (Å²) in [5.41, 5.74) is 0.902. The van der Waals surface area contributed by atoms with Crippen molar-refractivity contribution in [2.75, 3.05) is 26.0 Å². The van der Waals surface area contributed by atoms with Crippen LogP contribution in [0.4, 0.5) is 0 Å². The molecule has 6 nitrogen and oxygen atoms in total. The number of amides is 1. The molecule has 23 heavy (non-hydrogen) atoms. The normalized spacial score (nSPS) is 17.5. The van der Waals surface area contributed by atoms with Crippen molar-refractivity contribution in [3.05, 3.63) is 29.8 Å². The van der Waals surface area contributed by atoms with Crippen LogP contribution in [0, 0.1) is 0 Å². The zero-order valence-corrected chi connectivity index (χ0v) is 14.4. The Kier molecular flexibility index (Phi) is 5.64. The molecular weight excluding hydrogens is 316 g/mol. The van der Waals surface area contributed by atoms with Crippen LogP contribution in [0.15, 0.2) is 24.3 Å². The van der Waals surface area contributed by atoms with Gasteiger partial charge in [0.15, 0.2) is 14.6 Å². The van der Waals surface area contributed by atoms with E-state index in [-0.39, 0.29) is 0 Å². The minimum absolute atomic E-state index is 0.302. The van der Waals surface area contributed by atoms with Crippen molar-refractivity contribution < 1.29 is 17.9 Å². The number of carbonyl (C=O) groups is 1. The van der Waals surface area contributed by atoms with Gasteiger partial charge in [0.2, 0.25) is 5.91 Å². The van der Waals surface area contributed by atoms with E-state index in [2.05, 4.69) is 10.6 Å². The molecule has 0 atom stereocenters. The molecule has 1 aliphatic rings. The largest absolute Gasteiger partial charge is 0.494 e. The van der Waals surface area contributed by atoms with E-state index in [1.165, 1.54) is 0 Å². The summed E-state index contributed by atoms with van der Waals surface area (Å²) in [6, 6.07) is 7.39. The molecule has 0 bridgehead atoms. The van der Waals surface area contributed by atoms with Crippen molar-refractivity contribution in [2.45, 2.75) is 31.1 Å². The molecule has 1 aromatic carbocycles. The third-order valence-electron chi connectivity index (χ3n) is 4.22. The summed E-state index contributed by atoms with van der Waals surface area (Å²) in [5, 5.41) is 5.88. The van der Waals surface area contributed by atoms with Crippen LogP contribution in [-0.4, -0.2) is 45.0 Å². The Morgan fingerprint density at radius 3 is 2.39 bits per heavy atom. The molecule has 1 saturated heterocycles. The van der Waals surface area contributed by atoms with Crippen molar-refractivity contribution in [2.24, 2.45) is 0 Å². The molecule has 0 unspecified atom stereocenters.